The van der Waals surface area contributed by atoms with E-state index in [1.165, 1.54) is 12.8 Å². The Bertz CT molecular complexity index is 302. The van der Waals surface area contributed by atoms with Crippen LogP contribution in [0.25, 0.3) is 0 Å². The van der Waals surface area contributed by atoms with E-state index in [9.17, 15) is 4.79 Å². The van der Waals surface area contributed by atoms with Crippen LogP contribution in [0.15, 0.2) is 0 Å². The summed E-state index contributed by atoms with van der Waals surface area (Å²) in [6.45, 7) is 4.37. The van der Waals surface area contributed by atoms with Gasteiger partial charge in [-0.05, 0) is 31.9 Å². The second kappa shape index (κ2) is 5.83. The first-order chi connectivity index (χ1) is 8.68. The molecule has 1 aliphatic carbocycles. The highest BCUT2D eigenvalue weighted by Crippen LogP contribution is 2.38. The number of carbonyl (C=O) groups is 1. The summed E-state index contributed by atoms with van der Waals surface area (Å²) in [5.74, 6) is 1.43. The molecule has 1 aliphatic heterocycles. The van der Waals surface area contributed by atoms with Crippen LogP contribution < -0.4 is 5.32 Å². The smallest absolute Gasteiger partial charge is 0.244 e. The summed E-state index contributed by atoms with van der Waals surface area (Å²) in [5.41, 5.74) is -0.202. The molecule has 0 aromatic heterocycles. The van der Waals surface area contributed by atoms with E-state index in [1.807, 2.05) is 11.8 Å². The monoisotopic (exact) mass is 270 g/mol. The third kappa shape index (κ3) is 2.29. The highest BCUT2D eigenvalue weighted by Gasteiger charge is 2.52. The van der Waals surface area contributed by atoms with Gasteiger partial charge in [-0.3, -0.25) is 10.1 Å². The maximum Gasteiger partial charge on any atom is 0.244 e. The lowest BCUT2D eigenvalue weighted by atomic mass is 9.97. The van der Waals surface area contributed by atoms with Crippen LogP contribution in [0.4, 0.5) is 0 Å². The number of rotatable bonds is 5. The van der Waals surface area contributed by atoms with Crippen LogP contribution in [-0.4, -0.2) is 40.6 Å². The predicted octanol–water partition coefficient (Wildman–Crippen LogP) is 2.61. The molecular weight excluding hydrogens is 244 g/mol. The summed E-state index contributed by atoms with van der Waals surface area (Å²) < 4.78 is 0. The van der Waals surface area contributed by atoms with Gasteiger partial charge in [-0.1, -0.05) is 26.7 Å². The third-order valence-electron chi connectivity index (χ3n) is 4.49. The van der Waals surface area contributed by atoms with Gasteiger partial charge in [0.1, 0.15) is 0 Å². The van der Waals surface area contributed by atoms with E-state index < -0.39 is 0 Å². The SMILES string of the molecule is CCC(CSC)N1C(=O)C2(CCCC2)NC1CC. The molecule has 4 heteroatoms. The van der Waals surface area contributed by atoms with Gasteiger partial charge in [0.25, 0.3) is 0 Å². The molecule has 2 fully saturated rings. The molecule has 1 heterocycles. The zero-order valence-electron chi connectivity index (χ0n) is 11.9. The van der Waals surface area contributed by atoms with Gasteiger partial charge in [-0.15, -0.1) is 0 Å². The highest BCUT2D eigenvalue weighted by molar-refractivity contribution is 7.98. The van der Waals surface area contributed by atoms with Crippen molar-refractivity contribution < 1.29 is 4.79 Å². The maximum atomic E-state index is 12.8. The van der Waals surface area contributed by atoms with Crippen LogP contribution in [0.2, 0.25) is 0 Å². The van der Waals surface area contributed by atoms with Gasteiger partial charge < -0.3 is 4.90 Å². The van der Waals surface area contributed by atoms with Gasteiger partial charge in [0.15, 0.2) is 0 Å². The van der Waals surface area contributed by atoms with Gasteiger partial charge in [0.2, 0.25) is 5.91 Å². The van der Waals surface area contributed by atoms with Crippen molar-refractivity contribution in [1.82, 2.24) is 10.2 Å². The zero-order valence-corrected chi connectivity index (χ0v) is 12.7. The molecule has 0 bridgehead atoms. The predicted molar refractivity (Wildman–Crippen MR) is 77.7 cm³/mol. The van der Waals surface area contributed by atoms with E-state index in [0.717, 1.165) is 31.4 Å². The van der Waals surface area contributed by atoms with Gasteiger partial charge >= 0.3 is 0 Å². The maximum absolute atomic E-state index is 12.8. The van der Waals surface area contributed by atoms with Crippen LogP contribution in [0.3, 0.4) is 0 Å². The largest absolute Gasteiger partial charge is 0.322 e. The van der Waals surface area contributed by atoms with Crippen LogP contribution in [0, 0.1) is 0 Å². The van der Waals surface area contributed by atoms with E-state index >= 15 is 0 Å². The Morgan fingerprint density at radius 2 is 2.11 bits per heavy atom. The number of hydrogen-bond acceptors (Lipinski definition) is 3. The van der Waals surface area contributed by atoms with E-state index in [2.05, 4.69) is 30.3 Å². The number of carbonyl (C=O) groups excluding carboxylic acids is 1. The molecule has 1 saturated heterocycles. The van der Waals surface area contributed by atoms with E-state index in [1.54, 1.807) is 0 Å². The molecule has 0 aromatic carbocycles. The molecule has 1 spiro atoms. The summed E-state index contributed by atoms with van der Waals surface area (Å²) in [5, 5.41) is 3.66. The molecule has 2 rings (SSSR count). The molecule has 2 unspecified atom stereocenters. The molecule has 18 heavy (non-hydrogen) atoms. The fourth-order valence-electron chi connectivity index (χ4n) is 3.48. The van der Waals surface area contributed by atoms with Gasteiger partial charge in [-0.2, -0.15) is 11.8 Å². The minimum atomic E-state index is -0.202. The minimum absolute atomic E-state index is 0.202. The number of thioether (sulfide) groups is 1. The van der Waals surface area contributed by atoms with Crippen molar-refractivity contribution >= 4 is 17.7 Å². The first kappa shape index (κ1) is 14.2. The molecule has 104 valence electrons. The number of nitrogens with zero attached hydrogens (tertiary/aromatic N) is 1. The first-order valence-corrected chi connectivity index (χ1v) is 8.67. The molecule has 1 saturated carbocycles. The third-order valence-corrected chi connectivity index (χ3v) is 5.21. The highest BCUT2D eigenvalue weighted by atomic mass is 32.2. The van der Waals surface area contributed by atoms with Crippen LogP contribution in [0.1, 0.15) is 52.4 Å². The molecule has 0 radical (unpaired) electrons. The summed E-state index contributed by atoms with van der Waals surface area (Å²) in [7, 11) is 0. The van der Waals surface area contributed by atoms with Crippen molar-refractivity contribution in [2.45, 2.75) is 70.1 Å². The summed E-state index contributed by atoms with van der Waals surface area (Å²) >= 11 is 1.85. The minimum Gasteiger partial charge on any atom is -0.322 e. The van der Waals surface area contributed by atoms with Crippen molar-refractivity contribution in [2.24, 2.45) is 0 Å². The molecule has 1 amide bonds. The summed E-state index contributed by atoms with van der Waals surface area (Å²) in [6.07, 6.45) is 8.92. The average Bonchev–Trinajstić information content (AvgIpc) is 2.95. The van der Waals surface area contributed by atoms with Crippen LogP contribution >= 0.6 is 11.8 Å². The Kier molecular flexibility index (Phi) is 4.59. The number of hydrogen-bond donors (Lipinski definition) is 1. The Balaban J connectivity index is 2.19. The fourth-order valence-corrected chi connectivity index (χ4v) is 4.26. The molecule has 2 atom stereocenters. The van der Waals surface area contributed by atoms with Crippen molar-refractivity contribution in [3.8, 4) is 0 Å². The van der Waals surface area contributed by atoms with E-state index in [-0.39, 0.29) is 11.7 Å². The molecule has 3 nitrogen and oxygen atoms in total. The molecule has 1 N–H and O–H groups in total. The van der Waals surface area contributed by atoms with Crippen molar-refractivity contribution in [2.75, 3.05) is 12.0 Å². The molecule has 2 aliphatic rings. The average molecular weight is 270 g/mol. The lowest BCUT2D eigenvalue weighted by molar-refractivity contribution is -0.135. The summed E-state index contributed by atoms with van der Waals surface area (Å²) in [4.78, 5) is 15.0. The van der Waals surface area contributed by atoms with E-state index in [4.69, 9.17) is 0 Å². The normalized spacial score (nSPS) is 28.3. The Morgan fingerprint density at radius 1 is 1.44 bits per heavy atom. The Hall–Kier alpha value is -0.220. The number of amides is 1. The standard InChI is InChI=1S/C14H26N2OS/c1-4-11(10-18-3)16-12(5-2)15-14(13(16)17)8-6-7-9-14/h11-12,15H,4-10H2,1-3H3. The fraction of sp³-hybridized carbons (Fsp3) is 0.929. The van der Waals surface area contributed by atoms with Crippen molar-refractivity contribution in [3.63, 3.8) is 0 Å². The van der Waals surface area contributed by atoms with E-state index in [0.29, 0.717) is 11.9 Å². The Labute approximate surface area is 115 Å². The Morgan fingerprint density at radius 3 is 2.61 bits per heavy atom. The topological polar surface area (TPSA) is 32.3 Å². The quantitative estimate of drug-likeness (QED) is 0.833. The second-order valence-electron chi connectivity index (χ2n) is 5.59. The molecular formula is C14H26N2OS. The zero-order chi connectivity index (χ0) is 13.2. The second-order valence-corrected chi connectivity index (χ2v) is 6.50. The lowest BCUT2D eigenvalue weighted by Gasteiger charge is -2.31. The van der Waals surface area contributed by atoms with Crippen LogP contribution in [0.5, 0.6) is 0 Å². The molecule has 0 aromatic rings. The lowest BCUT2D eigenvalue weighted by Crippen LogP contribution is -2.46. The van der Waals surface area contributed by atoms with Gasteiger partial charge in [-0.25, -0.2) is 0 Å². The summed E-state index contributed by atoms with van der Waals surface area (Å²) in [6, 6.07) is 0.393. The van der Waals surface area contributed by atoms with Crippen LogP contribution in [-0.2, 0) is 4.79 Å². The first-order valence-electron chi connectivity index (χ1n) is 7.28. The van der Waals surface area contributed by atoms with Crippen molar-refractivity contribution in [3.05, 3.63) is 0 Å². The van der Waals surface area contributed by atoms with Crippen molar-refractivity contribution in [1.29, 1.82) is 0 Å². The number of nitrogens with one attached hydrogen (secondary N) is 1. The van der Waals surface area contributed by atoms with Gasteiger partial charge in [0.05, 0.1) is 11.7 Å². The van der Waals surface area contributed by atoms with Gasteiger partial charge in [0, 0.05) is 11.8 Å².